The van der Waals surface area contributed by atoms with Gasteiger partial charge in [0, 0.05) is 28.9 Å². The maximum atomic E-state index is 11.9. The van der Waals surface area contributed by atoms with Gasteiger partial charge in [-0.15, -0.1) is 0 Å². The highest BCUT2D eigenvalue weighted by Crippen LogP contribution is 2.27. The van der Waals surface area contributed by atoms with Crippen LogP contribution in [-0.4, -0.2) is 33.4 Å². The lowest BCUT2D eigenvalue weighted by Crippen LogP contribution is -2.32. The lowest BCUT2D eigenvalue weighted by atomic mass is 10.2. The molecule has 0 radical (unpaired) electrons. The van der Waals surface area contributed by atoms with Crippen LogP contribution in [0.2, 0.25) is 5.02 Å². The van der Waals surface area contributed by atoms with Crippen LogP contribution in [-0.2, 0) is 0 Å². The normalized spacial score (nSPS) is 10.1. The number of aryl methyl sites for hydroxylation is 1. The van der Waals surface area contributed by atoms with Gasteiger partial charge in [0.15, 0.2) is 0 Å². The molecule has 0 heterocycles. The lowest BCUT2D eigenvalue weighted by Gasteiger charge is -2.12. The zero-order valence-corrected chi connectivity index (χ0v) is 15.1. The zero-order chi connectivity index (χ0) is 18.2. The number of nitrogens with one attached hydrogen (secondary N) is 2. The van der Waals surface area contributed by atoms with Crippen molar-refractivity contribution in [1.29, 1.82) is 0 Å². The van der Waals surface area contributed by atoms with Gasteiger partial charge in [0.1, 0.15) is 23.9 Å². The predicted molar refractivity (Wildman–Crippen MR) is 98.3 cm³/mol. The van der Waals surface area contributed by atoms with Gasteiger partial charge in [-0.3, -0.25) is 0 Å². The van der Waals surface area contributed by atoms with Crippen LogP contribution < -0.4 is 24.8 Å². The Hall–Kier alpha value is -2.60. The van der Waals surface area contributed by atoms with Crippen LogP contribution in [0.25, 0.3) is 0 Å². The molecule has 0 aliphatic rings. The third kappa shape index (κ3) is 5.76. The molecule has 0 atom stereocenters. The van der Waals surface area contributed by atoms with E-state index < -0.39 is 0 Å². The van der Waals surface area contributed by atoms with Crippen molar-refractivity contribution >= 4 is 23.3 Å². The number of carbonyl (C=O) groups is 1. The summed E-state index contributed by atoms with van der Waals surface area (Å²) < 4.78 is 16.0. The van der Waals surface area contributed by atoms with E-state index in [4.69, 9.17) is 25.8 Å². The number of carbonyl (C=O) groups excluding carboxylic acids is 1. The fraction of sp³-hybridized carbons (Fsp3) is 0.278. The Morgan fingerprint density at radius 3 is 2.32 bits per heavy atom. The van der Waals surface area contributed by atoms with Crippen LogP contribution in [0, 0.1) is 6.92 Å². The van der Waals surface area contributed by atoms with Gasteiger partial charge in [0.2, 0.25) is 0 Å². The molecule has 0 bridgehead atoms. The van der Waals surface area contributed by atoms with Crippen LogP contribution in [0.5, 0.6) is 17.2 Å². The summed E-state index contributed by atoms with van der Waals surface area (Å²) >= 11 is 5.93. The van der Waals surface area contributed by atoms with E-state index in [9.17, 15) is 4.79 Å². The number of hydrogen-bond donors (Lipinski definition) is 2. The highest BCUT2D eigenvalue weighted by Gasteiger charge is 2.06. The van der Waals surface area contributed by atoms with Gasteiger partial charge < -0.3 is 24.8 Å². The number of rotatable bonds is 7. The molecular formula is C18H21ClN2O4. The number of ether oxygens (including phenoxy) is 3. The second-order valence-electron chi connectivity index (χ2n) is 5.24. The average molecular weight is 365 g/mol. The lowest BCUT2D eigenvalue weighted by molar-refractivity contribution is 0.247. The first-order valence-corrected chi connectivity index (χ1v) is 8.06. The molecule has 7 heteroatoms. The molecule has 2 aromatic carbocycles. The Bertz CT molecular complexity index is 715. The Kier molecular flexibility index (Phi) is 6.77. The molecule has 25 heavy (non-hydrogen) atoms. The van der Waals surface area contributed by atoms with Crippen molar-refractivity contribution in [3.8, 4) is 17.2 Å². The van der Waals surface area contributed by atoms with E-state index in [1.54, 1.807) is 44.6 Å². The van der Waals surface area contributed by atoms with Crippen LogP contribution in [0.4, 0.5) is 10.5 Å². The van der Waals surface area contributed by atoms with Crippen molar-refractivity contribution in [2.45, 2.75) is 6.92 Å². The van der Waals surface area contributed by atoms with E-state index in [0.717, 1.165) is 5.56 Å². The summed E-state index contributed by atoms with van der Waals surface area (Å²) in [6.07, 6.45) is 0. The van der Waals surface area contributed by atoms with Crippen LogP contribution >= 0.6 is 11.6 Å². The summed E-state index contributed by atoms with van der Waals surface area (Å²) in [4.78, 5) is 11.9. The fourth-order valence-corrected chi connectivity index (χ4v) is 2.27. The first-order valence-electron chi connectivity index (χ1n) is 7.68. The van der Waals surface area contributed by atoms with Crippen molar-refractivity contribution in [2.24, 2.45) is 0 Å². The second kappa shape index (κ2) is 9.03. The van der Waals surface area contributed by atoms with Crippen LogP contribution in [0.3, 0.4) is 0 Å². The maximum Gasteiger partial charge on any atom is 0.319 e. The van der Waals surface area contributed by atoms with E-state index in [1.807, 2.05) is 13.0 Å². The second-order valence-corrected chi connectivity index (χ2v) is 5.67. The van der Waals surface area contributed by atoms with E-state index in [0.29, 0.717) is 41.1 Å². The molecule has 0 unspecified atom stereocenters. The van der Waals surface area contributed by atoms with Gasteiger partial charge in [-0.05, 0) is 24.6 Å². The minimum Gasteiger partial charge on any atom is -0.496 e. The maximum absolute atomic E-state index is 11.9. The van der Waals surface area contributed by atoms with Gasteiger partial charge in [-0.1, -0.05) is 17.7 Å². The zero-order valence-electron chi connectivity index (χ0n) is 14.4. The molecule has 2 aromatic rings. The van der Waals surface area contributed by atoms with Crippen molar-refractivity contribution in [1.82, 2.24) is 5.32 Å². The Morgan fingerprint density at radius 1 is 1.04 bits per heavy atom. The molecule has 0 saturated carbocycles. The van der Waals surface area contributed by atoms with Crippen molar-refractivity contribution < 1.29 is 19.0 Å². The SMILES string of the molecule is COc1cc(OC)cc(OCCNC(=O)Nc2cc(Cl)ccc2C)c1. The number of halogens is 1. The molecule has 2 rings (SSSR count). The summed E-state index contributed by atoms with van der Waals surface area (Å²) in [6, 6.07) is 10.3. The van der Waals surface area contributed by atoms with Crippen molar-refractivity contribution in [2.75, 3.05) is 32.7 Å². The van der Waals surface area contributed by atoms with Crippen LogP contribution in [0.15, 0.2) is 36.4 Å². The number of benzene rings is 2. The molecular weight excluding hydrogens is 344 g/mol. The third-order valence-corrected chi connectivity index (χ3v) is 3.66. The van der Waals surface area contributed by atoms with E-state index in [1.165, 1.54) is 0 Å². The molecule has 0 fully saturated rings. The topological polar surface area (TPSA) is 68.8 Å². The summed E-state index contributed by atoms with van der Waals surface area (Å²) in [6.45, 7) is 2.54. The minimum absolute atomic E-state index is 0.304. The van der Waals surface area contributed by atoms with Crippen molar-refractivity contribution in [3.63, 3.8) is 0 Å². The minimum atomic E-state index is -0.322. The molecule has 2 N–H and O–H groups in total. The van der Waals surface area contributed by atoms with Crippen LogP contribution in [0.1, 0.15) is 5.56 Å². The standard InChI is InChI=1S/C18H21ClN2O4/c1-12-4-5-13(19)8-17(12)21-18(22)20-6-7-25-16-10-14(23-2)9-15(11-16)24-3/h4-5,8-11H,6-7H2,1-3H3,(H2,20,21,22). The monoisotopic (exact) mass is 364 g/mol. The number of amides is 2. The molecule has 0 aromatic heterocycles. The first kappa shape index (κ1) is 18.7. The van der Waals surface area contributed by atoms with Gasteiger partial charge >= 0.3 is 6.03 Å². The molecule has 0 saturated heterocycles. The third-order valence-electron chi connectivity index (χ3n) is 3.43. The molecule has 0 aliphatic carbocycles. The summed E-state index contributed by atoms with van der Waals surface area (Å²) in [5, 5.41) is 6.05. The Morgan fingerprint density at radius 2 is 1.68 bits per heavy atom. The number of anilines is 1. The smallest absolute Gasteiger partial charge is 0.319 e. The summed E-state index contributed by atoms with van der Waals surface area (Å²) in [7, 11) is 3.14. The first-order chi connectivity index (χ1) is 12.0. The fourth-order valence-electron chi connectivity index (χ4n) is 2.09. The van der Waals surface area contributed by atoms with Crippen molar-refractivity contribution in [3.05, 3.63) is 47.0 Å². The molecule has 0 aliphatic heterocycles. The van der Waals surface area contributed by atoms with E-state index in [-0.39, 0.29) is 6.03 Å². The average Bonchev–Trinajstić information content (AvgIpc) is 2.61. The Balaban J connectivity index is 1.81. The predicted octanol–water partition coefficient (Wildman–Crippen LogP) is 3.87. The van der Waals surface area contributed by atoms with Gasteiger partial charge in [-0.25, -0.2) is 4.79 Å². The van der Waals surface area contributed by atoms with Gasteiger partial charge in [0.25, 0.3) is 0 Å². The molecule has 0 spiro atoms. The molecule has 2 amide bonds. The van der Waals surface area contributed by atoms with Gasteiger partial charge in [0.05, 0.1) is 20.8 Å². The largest absolute Gasteiger partial charge is 0.496 e. The summed E-state index contributed by atoms with van der Waals surface area (Å²) in [5.74, 6) is 1.87. The molecule has 6 nitrogen and oxygen atoms in total. The Labute approximate surface area is 152 Å². The van der Waals surface area contributed by atoms with E-state index in [2.05, 4.69) is 10.6 Å². The number of methoxy groups -OCH3 is 2. The van der Waals surface area contributed by atoms with E-state index >= 15 is 0 Å². The quantitative estimate of drug-likeness (QED) is 0.732. The summed E-state index contributed by atoms with van der Waals surface area (Å²) in [5.41, 5.74) is 1.60. The number of urea groups is 1. The van der Waals surface area contributed by atoms with Gasteiger partial charge in [-0.2, -0.15) is 0 Å². The highest BCUT2D eigenvalue weighted by molar-refractivity contribution is 6.31. The number of hydrogen-bond acceptors (Lipinski definition) is 4. The highest BCUT2D eigenvalue weighted by atomic mass is 35.5. The molecule has 134 valence electrons.